The zero-order chi connectivity index (χ0) is 26.6. The summed E-state index contributed by atoms with van der Waals surface area (Å²) in [5.74, 6) is -1.27. The van der Waals surface area contributed by atoms with E-state index in [2.05, 4.69) is 15.0 Å². The first-order valence-electron chi connectivity index (χ1n) is 11.0. The Balaban J connectivity index is 0.000000260. The molecule has 0 spiro atoms. The number of methoxy groups -OCH3 is 1. The molecule has 3 N–H and O–H groups in total. The number of carbonyl (C=O) groups excluding carboxylic acids is 1. The van der Waals surface area contributed by atoms with Gasteiger partial charge in [0.05, 0.1) is 30.6 Å². The number of hydrogen-bond acceptors (Lipinski definition) is 5. The molecule has 1 fully saturated rings. The van der Waals surface area contributed by atoms with E-state index in [0.717, 1.165) is 18.0 Å². The van der Waals surface area contributed by atoms with Gasteiger partial charge in [0.1, 0.15) is 11.3 Å². The van der Waals surface area contributed by atoms with Crippen LogP contribution in [0, 0.1) is 12.8 Å². The second-order valence-electron chi connectivity index (χ2n) is 7.95. The van der Waals surface area contributed by atoms with E-state index in [1.54, 1.807) is 25.1 Å². The number of nitrogens with two attached hydrogens (primary N) is 1. The first-order chi connectivity index (χ1) is 16.4. The third-order valence-electron chi connectivity index (χ3n) is 6.09. The van der Waals surface area contributed by atoms with E-state index in [1.807, 2.05) is 20.8 Å². The lowest BCUT2D eigenvalue weighted by molar-refractivity contribution is -0.266. The highest BCUT2D eigenvalue weighted by Gasteiger charge is 2.61. The molecule has 1 saturated heterocycles. The van der Waals surface area contributed by atoms with Gasteiger partial charge in [0.15, 0.2) is 11.3 Å². The molecule has 11 heteroatoms. The lowest BCUT2D eigenvalue weighted by atomic mass is 9.79. The largest absolute Gasteiger partial charge is 0.495 e. The van der Waals surface area contributed by atoms with Crippen LogP contribution in [0.2, 0.25) is 5.02 Å². The van der Waals surface area contributed by atoms with Crippen molar-refractivity contribution in [3.05, 3.63) is 52.6 Å². The molecule has 35 heavy (non-hydrogen) atoms. The molecule has 0 aliphatic carbocycles. The van der Waals surface area contributed by atoms with Gasteiger partial charge in [-0.25, -0.2) is 9.97 Å². The van der Waals surface area contributed by atoms with Gasteiger partial charge in [0, 0.05) is 23.6 Å². The minimum absolute atomic E-state index is 0.00702. The number of fused-ring (bicyclic) bond motifs is 1. The summed E-state index contributed by atoms with van der Waals surface area (Å²) in [7, 11) is 1.47. The summed E-state index contributed by atoms with van der Waals surface area (Å²) in [5, 5.41) is 0.433. The van der Waals surface area contributed by atoms with Gasteiger partial charge in [0.2, 0.25) is 0 Å². The van der Waals surface area contributed by atoms with Crippen molar-refractivity contribution in [1.29, 1.82) is 0 Å². The number of nitrogens with zero attached hydrogens (tertiary/aromatic N) is 2. The molecule has 1 aliphatic rings. The minimum atomic E-state index is -4.41. The van der Waals surface area contributed by atoms with E-state index in [0.29, 0.717) is 21.9 Å². The molecule has 2 aromatic heterocycles. The highest BCUT2D eigenvalue weighted by molar-refractivity contribution is 6.33. The molecule has 2 unspecified atom stereocenters. The zero-order valence-electron chi connectivity index (χ0n) is 20.5. The quantitative estimate of drug-likeness (QED) is 0.459. The molecule has 1 amide bonds. The molecule has 4 rings (SSSR count). The Kier molecular flexibility index (Phi) is 9.13. The molecule has 3 aromatic rings. The molecule has 1 aromatic carbocycles. The predicted molar refractivity (Wildman–Crippen MR) is 129 cm³/mol. The summed E-state index contributed by atoms with van der Waals surface area (Å²) in [6, 6.07) is 5.29. The van der Waals surface area contributed by atoms with Crippen LogP contribution in [0.3, 0.4) is 0 Å². The molecule has 0 bridgehead atoms. The van der Waals surface area contributed by atoms with Crippen molar-refractivity contribution in [3.63, 3.8) is 0 Å². The fraction of sp³-hybridized carbons (Fsp3) is 0.458. The van der Waals surface area contributed by atoms with Crippen molar-refractivity contribution >= 4 is 28.5 Å². The number of aromatic nitrogens is 3. The average Bonchev–Trinajstić information content (AvgIpc) is 3.42. The van der Waals surface area contributed by atoms with E-state index in [9.17, 15) is 18.0 Å². The average molecular weight is 515 g/mol. The van der Waals surface area contributed by atoms with E-state index in [4.69, 9.17) is 26.8 Å². The number of ether oxygens (including phenoxy) is 2. The van der Waals surface area contributed by atoms with Gasteiger partial charge in [-0.05, 0) is 25.5 Å². The minimum Gasteiger partial charge on any atom is -0.495 e. The molecular weight excluding hydrogens is 485 g/mol. The van der Waals surface area contributed by atoms with Gasteiger partial charge in [-0.1, -0.05) is 44.5 Å². The van der Waals surface area contributed by atoms with Crippen molar-refractivity contribution in [2.24, 2.45) is 11.7 Å². The number of carbonyl (C=O) groups is 1. The number of aryl methyl sites for hydroxylation is 1. The van der Waals surface area contributed by atoms with Crippen LogP contribution < -0.4 is 10.5 Å². The number of alkyl halides is 3. The van der Waals surface area contributed by atoms with Crippen LogP contribution in [0.15, 0.2) is 30.7 Å². The van der Waals surface area contributed by atoms with Crippen molar-refractivity contribution in [2.45, 2.75) is 52.3 Å². The lowest BCUT2D eigenvalue weighted by Crippen LogP contribution is -2.46. The van der Waals surface area contributed by atoms with Gasteiger partial charge in [-0.15, -0.1) is 0 Å². The molecular formula is C24H30ClF3N4O3. The number of rotatable bonds is 3. The van der Waals surface area contributed by atoms with Crippen LogP contribution in [-0.2, 0) is 4.74 Å². The van der Waals surface area contributed by atoms with E-state index >= 15 is 0 Å². The fourth-order valence-electron chi connectivity index (χ4n) is 3.84. The Bertz CT molecular complexity index is 1170. The number of primary amides is 1. The normalized spacial score (nSPS) is 21.5. The highest BCUT2D eigenvalue weighted by atomic mass is 35.5. The van der Waals surface area contributed by atoms with Gasteiger partial charge >= 0.3 is 6.18 Å². The summed E-state index contributed by atoms with van der Waals surface area (Å²) in [6.07, 6.45) is -1.40. The summed E-state index contributed by atoms with van der Waals surface area (Å²) in [6.45, 7) is 8.47. The monoisotopic (exact) mass is 514 g/mol. The number of pyridine rings is 1. The summed E-state index contributed by atoms with van der Waals surface area (Å²) in [5.41, 5.74) is 5.90. The maximum atomic E-state index is 13.2. The number of H-pyrrole nitrogens is 1. The Morgan fingerprint density at radius 1 is 1.29 bits per heavy atom. The second-order valence-corrected chi connectivity index (χ2v) is 8.33. The Labute approximate surface area is 207 Å². The molecule has 3 heterocycles. The molecule has 1 aliphatic heterocycles. The smallest absolute Gasteiger partial charge is 0.417 e. The predicted octanol–water partition coefficient (Wildman–Crippen LogP) is 5.81. The number of imidazole rings is 1. The Morgan fingerprint density at radius 3 is 2.49 bits per heavy atom. The number of aromatic amines is 1. The van der Waals surface area contributed by atoms with E-state index < -0.39 is 29.5 Å². The van der Waals surface area contributed by atoms with Crippen molar-refractivity contribution in [3.8, 4) is 5.75 Å². The third kappa shape index (κ3) is 5.54. The fourth-order valence-corrected chi connectivity index (χ4v) is 4.09. The lowest BCUT2D eigenvalue weighted by Gasteiger charge is -2.32. The van der Waals surface area contributed by atoms with Crippen molar-refractivity contribution in [2.75, 3.05) is 13.7 Å². The van der Waals surface area contributed by atoms with Gasteiger partial charge in [0.25, 0.3) is 5.91 Å². The number of benzene rings is 1. The third-order valence-corrected chi connectivity index (χ3v) is 6.56. The standard InChI is InChI=1S/C15H18ClF3O2.C7H6N4O.C2H6/c1-8-5-6-10(13(20-4)12(8)16)11-7-21-14(3,9(11)2)15(17,18)19;8-7(12)6-5-4(1-2-9-6)10-3-11-5;1-2/h5-6,9,11H,7H2,1-4H3;1-3H,(H2,8,12)(H,10,11);1-2H3/t9?,11?,14-;;/m1../s1. The van der Waals surface area contributed by atoms with E-state index in [1.165, 1.54) is 19.6 Å². The van der Waals surface area contributed by atoms with Crippen LogP contribution in [-0.4, -0.2) is 46.4 Å². The van der Waals surface area contributed by atoms with E-state index in [-0.39, 0.29) is 12.3 Å². The van der Waals surface area contributed by atoms with Crippen LogP contribution in [0.1, 0.15) is 55.2 Å². The molecule has 3 atom stereocenters. The second kappa shape index (κ2) is 11.3. The number of amides is 1. The number of nitrogens with one attached hydrogen (secondary N) is 1. The summed E-state index contributed by atoms with van der Waals surface area (Å²) >= 11 is 6.20. The first kappa shape index (κ1) is 28.4. The summed E-state index contributed by atoms with van der Waals surface area (Å²) in [4.78, 5) is 21.4. The van der Waals surface area contributed by atoms with Gasteiger partial charge in [-0.3, -0.25) is 4.79 Å². The van der Waals surface area contributed by atoms with Gasteiger partial charge in [-0.2, -0.15) is 13.2 Å². The highest BCUT2D eigenvalue weighted by Crippen LogP contribution is 2.52. The zero-order valence-corrected chi connectivity index (χ0v) is 21.2. The molecule has 0 radical (unpaired) electrons. The maximum Gasteiger partial charge on any atom is 0.417 e. The first-order valence-corrected chi connectivity index (χ1v) is 11.4. The molecule has 0 saturated carbocycles. The van der Waals surface area contributed by atoms with Crippen LogP contribution in [0.25, 0.3) is 11.0 Å². The summed E-state index contributed by atoms with van der Waals surface area (Å²) < 4.78 is 50.1. The topological polar surface area (TPSA) is 103 Å². The molecule has 192 valence electrons. The van der Waals surface area contributed by atoms with Crippen LogP contribution in [0.4, 0.5) is 13.2 Å². The van der Waals surface area contributed by atoms with Gasteiger partial charge < -0.3 is 20.2 Å². The number of hydrogen-bond donors (Lipinski definition) is 2. The van der Waals surface area contributed by atoms with Crippen molar-refractivity contribution < 1.29 is 27.4 Å². The Morgan fingerprint density at radius 2 is 1.94 bits per heavy atom. The van der Waals surface area contributed by atoms with Crippen LogP contribution >= 0.6 is 11.6 Å². The SMILES string of the molecule is CC.COc1c(C2CO[C@@](C)(C(F)(F)F)C2C)ccc(C)c1Cl.NC(=O)c1nccc2[nH]cnc12. The van der Waals surface area contributed by atoms with Crippen molar-refractivity contribution in [1.82, 2.24) is 15.0 Å². The van der Waals surface area contributed by atoms with Crippen LogP contribution in [0.5, 0.6) is 5.75 Å². The molecule has 7 nitrogen and oxygen atoms in total. The Hall–Kier alpha value is -2.85. The number of halogens is 4. The maximum absolute atomic E-state index is 13.2.